The van der Waals surface area contributed by atoms with E-state index in [4.69, 9.17) is 5.73 Å². The molecule has 0 saturated carbocycles. The second-order valence-electron chi connectivity index (χ2n) is 6.55. The highest BCUT2D eigenvalue weighted by Gasteiger charge is 2.24. The van der Waals surface area contributed by atoms with Crippen LogP contribution < -0.4 is 11.1 Å². The Balaban J connectivity index is 4.43. The number of carbonyl (C=O) groups is 2. The predicted molar refractivity (Wildman–Crippen MR) is 77.5 cm³/mol. The summed E-state index contributed by atoms with van der Waals surface area (Å²) in [6, 6.07) is 0. The van der Waals surface area contributed by atoms with E-state index < -0.39 is 0 Å². The minimum absolute atomic E-state index is 0.0553. The van der Waals surface area contributed by atoms with Crippen LogP contribution in [-0.2, 0) is 9.59 Å². The normalized spacial score (nSPS) is 13.3. The Morgan fingerprint density at radius 3 is 2.16 bits per heavy atom. The lowest BCUT2D eigenvalue weighted by Crippen LogP contribution is -2.48. The Bertz CT molecular complexity index is 308. The Morgan fingerprint density at radius 2 is 1.79 bits per heavy atom. The fourth-order valence-corrected chi connectivity index (χ4v) is 1.93. The van der Waals surface area contributed by atoms with Crippen LogP contribution in [0.25, 0.3) is 0 Å². The first kappa shape index (κ1) is 17.9. The Hall–Kier alpha value is -1.10. The van der Waals surface area contributed by atoms with Crippen LogP contribution >= 0.6 is 0 Å². The van der Waals surface area contributed by atoms with Crippen molar-refractivity contribution in [2.75, 3.05) is 20.1 Å². The van der Waals surface area contributed by atoms with Crippen LogP contribution in [0.3, 0.4) is 0 Å². The van der Waals surface area contributed by atoms with Gasteiger partial charge in [-0.1, -0.05) is 13.8 Å². The molecular weight excluding hydrogens is 242 g/mol. The molecule has 0 fully saturated rings. The van der Waals surface area contributed by atoms with E-state index in [2.05, 4.69) is 19.2 Å². The first-order valence-corrected chi connectivity index (χ1v) is 6.83. The van der Waals surface area contributed by atoms with Gasteiger partial charge in [-0.05, 0) is 33.1 Å². The molecule has 5 nitrogen and oxygen atoms in total. The number of nitrogens with two attached hydrogens (primary N) is 1. The van der Waals surface area contributed by atoms with Crippen molar-refractivity contribution in [3.05, 3.63) is 0 Å². The summed E-state index contributed by atoms with van der Waals surface area (Å²) in [5.74, 6) is 0.00525. The summed E-state index contributed by atoms with van der Waals surface area (Å²) in [5.41, 5.74) is 5.36. The Kier molecular flexibility index (Phi) is 7.05. The van der Waals surface area contributed by atoms with Gasteiger partial charge in [0.1, 0.15) is 0 Å². The van der Waals surface area contributed by atoms with Gasteiger partial charge < -0.3 is 16.0 Å². The molecule has 0 aromatic rings. The molecule has 19 heavy (non-hydrogen) atoms. The van der Waals surface area contributed by atoms with Gasteiger partial charge in [-0.3, -0.25) is 9.59 Å². The molecule has 3 N–H and O–H groups in total. The van der Waals surface area contributed by atoms with Gasteiger partial charge >= 0.3 is 0 Å². The van der Waals surface area contributed by atoms with E-state index in [0.29, 0.717) is 12.5 Å². The third kappa shape index (κ3) is 7.82. The second-order valence-corrected chi connectivity index (χ2v) is 6.55. The van der Waals surface area contributed by atoms with Crippen LogP contribution in [0.1, 0.15) is 41.0 Å². The zero-order valence-electron chi connectivity index (χ0n) is 13.1. The van der Waals surface area contributed by atoms with Gasteiger partial charge in [0.15, 0.2) is 0 Å². The van der Waals surface area contributed by atoms with Gasteiger partial charge in [0, 0.05) is 19.1 Å². The molecule has 0 aromatic carbocycles. The summed E-state index contributed by atoms with van der Waals surface area (Å²) in [6.45, 7) is 10.2. The minimum atomic E-state index is -0.286. The third-order valence-electron chi connectivity index (χ3n) is 2.66. The molecule has 0 aliphatic rings. The van der Waals surface area contributed by atoms with Crippen LogP contribution in [-0.4, -0.2) is 42.4 Å². The van der Waals surface area contributed by atoms with Crippen molar-refractivity contribution in [2.45, 2.75) is 46.6 Å². The number of rotatable bonds is 6. The van der Waals surface area contributed by atoms with E-state index in [9.17, 15) is 9.59 Å². The summed E-state index contributed by atoms with van der Waals surface area (Å²) in [7, 11) is 1.65. The molecule has 0 rings (SSSR count). The summed E-state index contributed by atoms with van der Waals surface area (Å²) in [6.07, 6.45) is 0.751. The lowest BCUT2D eigenvalue weighted by Gasteiger charge is -2.26. The smallest absolute Gasteiger partial charge is 0.240 e. The summed E-state index contributed by atoms with van der Waals surface area (Å²) >= 11 is 0. The molecule has 0 aromatic heterocycles. The average molecular weight is 271 g/mol. The molecule has 0 aliphatic heterocycles. The molecule has 0 heterocycles. The average Bonchev–Trinajstić information content (AvgIpc) is 2.21. The highest BCUT2D eigenvalue weighted by molar-refractivity contribution is 5.86. The maximum Gasteiger partial charge on any atom is 0.240 e. The van der Waals surface area contributed by atoms with Crippen LogP contribution in [0.5, 0.6) is 0 Å². The van der Waals surface area contributed by atoms with E-state index in [1.807, 2.05) is 20.8 Å². The van der Waals surface area contributed by atoms with Gasteiger partial charge in [-0.2, -0.15) is 0 Å². The molecule has 5 heteroatoms. The number of carbonyl (C=O) groups excluding carboxylic acids is 2. The number of hydrogen-bond acceptors (Lipinski definition) is 3. The van der Waals surface area contributed by atoms with Crippen LogP contribution in [0.4, 0.5) is 0 Å². The fraction of sp³-hybridized carbons (Fsp3) is 0.857. The standard InChI is InChI=1S/C14H29N3O2/c1-10(2)7-11(8-15)13(19)17(6)9-12(18)16-14(3,4)5/h10-11H,7-9,15H2,1-6H3,(H,16,18). The summed E-state index contributed by atoms with van der Waals surface area (Å²) in [4.78, 5) is 25.4. The maximum absolute atomic E-state index is 12.2. The monoisotopic (exact) mass is 271 g/mol. The summed E-state index contributed by atoms with van der Waals surface area (Å²) < 4.78 is 0. The molecule has 2 amide bonds. The molecule has 112 valence electrons. The zero-order valence-corrected chi connectivity index (χ0v) is 13.1. The molecule has 1 unspecified atom stereocenters. The van der Waals surface area contributed by atoms with Gasteiger partial charge in [0.25, 0.3) is 0 Å². The lowest BCUT2D eigenvalue weighted by molar-refractivity contribution is -0.138. The highest BCUT2D eigenvalue weighted by Crippen LogP contribution is 2.13. The third-order valence-corrected chi connectivity index (χ3v) is 2.66. The molecular formula is C14H29N3O2. The van der Waals surface area contributed by atoms with Crippen molar-refractivity contribution >= 4 is 11.8 Å². The number of hydrogen-bond donors (Lipinski definition) is 2. The van der Waals surface area contributed by atoms with E-state index in [1.54, 1.807) is 7.05 Å². The first-order valence-electron chi connectivity index (χ1n) is 6.83. The molecule has 1 atom stereocenters. The topological polar surface area (TPSA) is 75.4 Å². The van der Waals surface area contributed by atoms with E-state index in [-0.39, 0.29) is 29.8 Å². The van der Waals surface area contributed by atoms with Crippen LogP contribution in [0, 0.1) is 11.8 Å². The van der Waals surface area contributed by atoms with Gasteiger partial charge in [-0.15, -0.1) is 0 Å². The number of likely N-dealkylation sites (N-methyl/N-ethyl adjacent to an activating group) is 1. The highest BCUT2D eigenvalue weighted by atomic mass is 16.2. The molecule has 0 radical (unpaired) electrons. The van der Waals surface area contributed by atoms with Gasteiger partial charge in [0.2, 0.25) is 11.8 Å². The second kappa shape index (κ2) is 7.48. The SMILES string of the molecule is CC(C)CC(CN)C(=O)N(C)CC(=O)NC(C)(C)C. The van der Waals surface area contributed by atoms with Crippen molar-refractivity contribution < 1.29 is 9.59 Å². The molecule has 0 aliphatic carbocycles. The van der Waals surface area contributed by atoms with Gasteiger partial charge in [0.05, 0.1) is 12.5 Å². The van der Waals surface area contributed by atoms with E-state index >= 15 is 0 Å². The number of nitrogens with zero attached hydrogens (tertiary/aromatic N) is 1. The first-order chi connectivity index (χ1) is 8.56. The fourth-order valence-electron chi connectivity index (χ4n) is 1.93. The van der Waals surface area contributed by atoms with Crippen molar-refractivity contribution in [3.8, 4) is 0 Å². The van der Waals surface area contributed by atoms with Crippen molar-refractivity contribution in [3.63, 3.8) is 0 Å². The van der Waals surface area contributed by atoms with Crippen molar-refractivity contribution in [1.82, 2.24) is 10.2 Å². The van der Waals surface area contributed by atoms with Gasteiger partial charge in [-0.25, -0.2) is 0 Å². The molecule has 0 saturated heterocycles. The zero-order chi connectivity index (χ0) is 15.2. The minimum Gasteiger partial charge on any atom is -0.350 e. The molecule has 0 bridgehead atoms. The van der Waals surface area contributed by atoms with E-state index in [0.717, 1.165) is 6.42 Å². The quantitative estimate of drug-likeness (QED) is 0.756. The Labute approximate surface area is 116 Å². The number of nitrogens with one attached hydrogen (secondary N) is 1. The van der Waals surface area contributed by atoms with Crippen molar-refractivity contribution in [2.24, 2.45) is 17.6 Å². The predicted octanol–water partition coefficient (Wildman–Crippen LogP) is 0.981. The maximum atomic E-state index is 12.2. The molecule has 0 spiro atoms. The van der Waals surface area contributed by atoms with Crippen LogP contribution in [0.2, 0.25) is 0 Å². The number of amides is 2. The lowest BCUT2D eigenvalue weighted by atomic mass is 9.96. The largest absolute Gasteiger partial charge is 0.350 e. The Morgan fingerprint density at radius 1 is 1.26 bits per heavy atom. The summed E-state index contributed by atoms with van der Waals surface area (Å²) in [5, 5.41) is 2.84. The van der Waals surface area contributed by atoms with E-state index in [1.165, 1.54) is 4.90 Å². The van der Waals surface area contributed by atoms with Crippen LogP contribution in [0.15, 0.2) is 0 Å². The van der Waals surface area contributed by atoms with Crippen molar-refractivity contribution in [1.29, 1.82) is 0 Å².